The Morgan fingerprint density at radius 1 is 1.05 bits per heavy atom. The predicted octanol–water partition coefficient (Wildman–Crippen LogP) is 5.10. The summed E-state index contributed by atoms with van der Waals surface area (Å²) in [6, 6.07) is 11.5. The fourth-order valence-electron chi connectivity index (χ4n) is 1.99. The maximum atomic E-state index is 11.0. The molecule has 0 spiro atoms. The summed E-state index contributed by atoms with van der Waals surface area (Å²) in [4.78, 5) is 11.0. The lowest BCUT2D eigenvalue weighted by molar-refractivity contribution is 0.0697. The van der Waals surface area contributed by atoms with Crippen LogP contribution in [-0.2, 0) is 0 Å². The Bertz CT molecular complexity index is 821. The van der Waals surface area contributed by atoms with Crippen LogP contribution in [-0.4, -0.2) is 11.1 Å². The van der Waals surface area contributed by atoms with E-state index in [0.717, 1.165) is 5.39 Å². The third kappa shape index (κ3) is 2.26. The number of hydrogen-bond donors (Lipinski definition) is 1. The van der Waals surface area contributed by atoms with E-state index in [0.29, 0.717) is 27.0 Å². The first-order valence-corrected chi connectivity index (χ1v) is 6.52. The van der Waals surface area contributed by atoms with Gasteiger partial charge in [0.25, 0.3) is 0 Å². The molecule has 1 heterocycles. The van der Waals surface area contributed by atoms with E-state index in [1.807, 2.05) is 0 Å². The average Bonchev–Trinajstić information content (AvgIpc) is 2.81. The minimum absolute atomic E-state index is 0.155. The number of rotatable bonds is 2. The molecule has 0 radical (unpaired) electrons. The Hall–Kier alpha value is -1.97. The van der Waals surface area contributed by atoms with Gasteiger partial charge in [0.2, 0.25) is 0 Å². The van der Waals surface area contributed by atoms with Crippen LogP contribution in [0.5, 0.6) is 0 Å². The number of halogens is 2. The van der Waals surface area contributed by atoms with Crippen LogP contribution in [0.25, 0.3) is 22.3 Å². The Kier molecular flexibility index (Phi) is 3.16. The van der Waals surface area contributed by atoms with Crippen molar-refractivity contribution in [2.45, 2.75) is 0 Å². The number of aromatic carboxylic acids is 1. The highest BCUT2D eigenvalue weighted by atomic mass is 35.5. The highest BCUT2D eigenvalue weighted by Crippen LogP contribution is 2.34. The second-order valence-electron chi connectivity index (χ2n) is 4.29. The van der Waals surface area contributed by atoms with Gasteiger partial charge in [0, 0.05) is 16.0 Å². The molecule has 100 valence electrons. The number of carboxylic acids is 1. The van der Waals surface area contributed by atoms with Crippen LogP contribution < -0.4 is 0 Å². The third-order valence-electron chi connectivity index (χ3n) is 2.96. The number of fused-ring (bicyclic) bond motifs is 1. The standard InChI is InChI=1S/C15H8Cl2O3/c16-10-2-4-13-9(5-10)7-14(20-13)11-6-8(15(18)19)1-3-12(11)17/h1-7H,(H,18,19). The summed E-state index contributed by atoms with van der Waals surface area (Å²) in [5.41, 5.74) is 1.36. The molecule has 1 N–H and O–H groups in total. The molecule has 3 aromatic rings. The summed E-state index contributed by atoms with van der Waals surface area (Å²) in [6.07, 6.45) is 0. The molecule has 2 aromatic carbocycles. The highest BCUT2D eigenvalue weighted by Gasteiger charge is 2.13. The van der Waals surface area contributed by atoms with Gasteiger partial charge in [-0.3, -0.25) is 0 Å². The number of carboxylic acid groups (broad SMARTS) is 1. The summed E-state index contributed by atoms with van der Waals surface area (Å²) in [7, 11) is 0. The predicted molar refractivity (Wildman–Crippen MR) is 78.6 cm³/mol. The van der Waals surface area contributed by atoms with Crippen LogP contribution in [0.1, 0.15) is 10.4 Å². The first-order valence-electron chi connectivity index (χ1n) is 5.77. The molecule has 0 aliphatic carbocycles. The quantitative estimate of drug-likeness (QED) is 0.716. The molecule has 0 aliphatic heterocycles. The third-order valence-corrected chi connectivity index (χ3v) is 3.52. The fraction of sp³-hybridized carbons (Fsp3) is 0. The smallest absolute Gasteiger partial charge is 0.335 e. The van der Waals surface area contributed by atoms with E-state index in [2.05, 4.69) is 0 Å². The van der Waals surface area contributed by atoms with Crippen molar-refractivity contribution >= 4 is 40.1 Å². The summed E-state index contributed by atoms with van der Waals surface area (Å²) >= 11 is 12.0. The molecule has 0 saturated heterocycles. The first-order chi connectivity index (χ1) is 9.54. The van der Waals surface area contributed by atoms with E-state index in [9.17, 15) is 4.79 Å². The van der Waals surface area contributed by atoms with Gasteiger partial charge in [0.15, 0.2) is 0 Å². The van der Waals surface area contributed by atoms with Gasteiger partial charge in [-0.05, 0) is 42.5 Å². The monoisotopic (exact) mass is 306 g/mol. The average molecular weight is 307 g/mol. The van der Waals surface area contributed by atoms with Crippen LogP contribution >= 0.6 is 23.2 Å². The van der Waals surface area contributed by atoms with Gasteiger partial charge in [-0.15, -0.1) is 0 Å². The van der Waals surface area contributed by atoms with Crippen LogP contribution in [0.4, 0.5) is 0 Å². The van der Waals surface area contributed by atoms with Gasteiger partial charge < -0.3 is 9.52 Å². The van der Waals surface area contributed by atoms with E-state index in [-0.39, 0.29) is 5.56 Å². The first kappa shape index (κ1) is 13.0. The molecule has 0 bridgehead atoms. The minimum atomic E-state index is -1.01. The topological polar surface area (TPSA) is 50.4 Å². The fourth-order valence-corrected chi connectivity index (χ4v) is 2.39. The maximum Gasteiger partial charge on any atom is 0.335 e. The molecular formula is C15H8Cl2O3. The minimum Gasteiger partial charge on any atom is -0.478 e. The van der Waals surface area contributed by atoms with Gasteiger partial charge in [0.05, 0.1) is 10.6 Å². The van der Waals surface area contributed by atoms with E-state index >= 15 is 0 Å². The Morgan fingerprint density at radius 3 is 2.60 bits per heavy atom. The molecule has 5 heteroatoms. The lowest BCUT2D eigenvalue weighted by atomic mass is 10.1. The Balaban J connectivity index is 2.19. The zero-order valence-electron chi connectivity index (χ0n) is 10.1. The van der Waals surface area contributed by atoms with Crippen molar-refractivity contribution in [1.82, 2.24) is 0 Å². The second kappa shape index (κ2) is 4.85. The summed E-state index contributed by atoms with van der Waals surface area (Å²) in [6.45, 7) is 0. The molecule has 0 fully saturated rings. The maximum absolute atomic E-state index is 11.0. The molecule has 0 atom stereocenters. The normalized spacial score (nSPS) is 10.9. The number of benzene rings is 2. The number of carbonyl (C=O) groups is 1. The zero-order chi connectivity index (χ0) is 14.3. The van der Waals surface area contributed by atoms with Gasteiger partial charge in [-0.1, -0.05) is 23.2 Å². The summed E-state index contributed by atoms with van der Waals surface area (Å²) in [5.74, 6) is -0.502. The van der Waals surface area contributed by atoms with Gasteiger partial charge in [0.1, 0.15) is 11.3 Å². The molecule has 0 aliphatic rings. The van der Waals surface area contributed by atoms with Crippen molar-refractivity contribution in [2.75, 3.05) is 0 Å². The molecule has 0 saturated carbocycles. The van der Waals surface area contributed by atoms with Crippen molar-refractivity contribution in [3.05, 3.63) is 58.1 Å². The van der Waals surface area contributed by atoms with Crippen molar-refractivity contribution in [3.8, 4) is 11.3 Å². The second-order valence-corrected chi connectivity index (χ2v) is 5.14. The molecule has 3 nitrogen and oxygen atoms in total. The number of furan rings is 1. The van der Waals surface area contributed by atoms with E-state index < -0.39 is 5.97 Å². The molecule has 0 amide bonds. The molecule has 0 unspecified atom stereocenters. The lowest BCUT2D eigenvalue weighted by Gasteiger charge is -2.02. The van der Waals surface area contributed by atoms with Gasteiger partial charge in [-0.25, -0.2) is 4.79 Å². The summed E-state index contributed by atoms with van der Waals surface area (Å²) in [5, 5.41) is 10.9. The summed E-state index contributed by atoms with van der Waals surface area (Å²) < 4.78 is 5.69. The SMILES string of the molecule is O=C(O)c1ccc(Cl)c(-c2cc3cc(Cl)ccc3o2)c1. The Morgan fingerprint density at radius 2 is 1.85 bits per heavy atom. The molecule has 20 heavy (non-hydrogen) atoms. The molecular weight excluding hydrogens is 299 g/mol. The van der Waals surface area contributed by atoms with E-state index in [1.54, 1.807) is 30.3 Å². The van der Waals surface area contributed by atoms with Crippen molar-refractivity contribution in [1.29, 1.82) is 0 Å². The lowest BCUT2D eigenvalue weighted by Crippen LogP contribution is -1.96. The van der Waals surface area contributed by atoms with E-state index in [4.69, 9.17) is 32.7 Å². The van der Waals surface area contributed by atoms with Crippen LogP contribution in [0, 0.1) is 0 Å². The van der Waals surface area contributed by atoms with Gasteiger partial charge in [-0.2, -0.15) is 0 Å². The van der Waals surface area contributed by atoms with Crippen LogP contribution in [0.3, 0.4) is 0 Å². The van der Waals surface area contributed by atoms with Gasteiger partial charge >= 0.3 is 5.97 Å². The van der Waals surface area contributed by atoms with Crippen LogP contribution in [0.15, 0.2) is 46.9 Å². The van der Waals surface area contributed by atoms with Crippen molar-refractivity contribution in [2.24, 2.45) is 0 Å². The van der Waals surface area contributed by atoms with Crippen LogP contribution in [0.2, 0.25) is 10.0 Å². The van der Waals surface area contributed by atoms with E-state index in [1.165, 1.54) is 12.1 Å². The Labute approximate surface area is 124 Å². The van der Waals surface area contributed by atoms with Crippen molar-refractivity contribution < 1.29 is 14.3 Å². The zero-order valence-corrected chi connectivity index (χ0v) is 11.6. The largest absolute Gasteiger partial charge is 0.478 e. The highest BCUT2D eigenvalue weighted by molar-refractivity contribution is 6.33. The molecule has 1 aromatic heterocycles. The number of hydrogen-bond acceptors (Lipinski definition) is 2. The molecule has 3 rings (SSSR count). The van der Waals surface area contributed by atoms with Crippen molar-refractivity contribution in [3.63, 3.8) is 0 Å².